The molecule has 98 valence electrons. The molecule has 0 spiro atoms. The van der Waals surface area contributed by atoms with E-state index >= 15 is 0 Å². The second kappa shape index (κ2) is 5.48. The molecule has 1 aromatic rings. The zero-order chi connectivity index (χ0) is 13.1. The Morgan fingerprint density at radius 1 is 1.41 bits per heavy atom. The van der Waals surface area contributed by atoms with Crippen molar-refractivity contribution >= 4 is 21.4 Å². The van der Waals surface area contributed by atoms with Gasteiger partial charge in [-0.05, 0) is 23.3 Å². The van der Waals surface area contributed by atoms with Crippen LogP contribution in [0.3, 0.4) is 0 Å². The van der Waals surface area contributed by atoms with Gasteiger partial charge in [-0.2, -0.15) is 0 Å². The first-order valence-electron chi connectivity index (χ1n) is 5.43. The molecular weight excluding hydrogens is 258 g/mol. The highest BCUT2D eigenvalue weighted by Gasteiger charge is 2.20. The predicted octanol–water partition coefficient (Wildman–Crippen LogP) is 1.95. The molecule has 0 atom stereocenters. The summed E-state index contributed by atoms with van der Waals surface area (Å²) in [6.45, 7) is 6.35. The Kier molecular flexibility index (Phi) is 4.71. The first-order valence-corrected chi connectivity index (χ1v) is 7.79. The van der Waals surface area contributed by atoms with E-state index in [-0.39, 0.29) is 16.9 Å². The lowest BCUT2D eigenvalue weighted by Gasteiger charge is -2.18. The standard InChI is InChI=1S/C11H19NO3S2/c1-11(2,3)5-6-12-17(14,15)10-4-7-16-9(10)8-13/h4,7,12-13H,5-6,8H2,1-3H3. The molecule has 0 unspecified atom stereocenters. The molecule has 0 radical (unpaired) electrons. The fourth-order valence-corrected chi connectivity index (χ4v) is 3.65. The summed E-state index contributed by atoms with van der Waals surface area (Å²) in [6.07, 6.45) is 0.769. The van der Waals surface area contributed by atoms with Crippen LogP contribution in [0.4, 0.5) is 0 Å². The smallest absolute Gasteiger partial charge is 0.241 e. The zero-order valence-corrected chi connectivity index (χ0v) is 12.0. The first kappa shape index (κ1) is 14.6. The van der Waals surface area contributed by atoms with E-state index in [9.17, 15) is 8.42 Å². The van der Waals surface area contributed by atoms with Gasteiger partial charge in [-0.1, -0.05) is 20.8 Å². The maximum absolute atomic E-state index is 11.9. The Hall–Kier alpha value is -0.430. The largest absolute Gasteiger partial charge is 0.391 e. The van der Waals surface area contributed by atoms with E-state index < -0.39 is 10.0 Å². The molecule has 0 aliphatic heterocycles. The minimum atomic E-state index is -3.48. The highest BCUT2D eigenvalue weighted by atomic mass is 32.2. The first-order chi connectivity index (χ1) is 7.76. The quantitative estimate of drug-likeness (QED) is 0.864. The molecule has 1 aromatic heterocycles. The molecule has 0 aliphatic carbocycles. The van der Waals surface area contributed by atoms with Gasteiger partial charge in [0.15, 0.2) is 0 Å². The fourth-order valence-electron chi connectivity index (χ4n) is 1.32. The molecule has 2 N–H and O–H groups in total. The van der Waals surface area contributed by atoms with Crippen LogP contribution in [0.2, 0.25) is 0 Å². The summed E-state index contributed by atoms with van der Waals surface area (Å²) in [5.74, 6) is 0. The summed E-state index contributed by atoms with van der Waals surface area (Å²) < 4.78 is 26.4. The molecule has 17 heavy (non-hydrogen) atoms. The Morgan fingerprint density at radius 3 is 2.59 bits per heavy atom. The van der Waals surface area contributed by atoms with Crippen LogP contribution in [0.15, 0.2) is 16.3 Å². The number of hydrogen-bond acceptors (Lipinski definition) is 4. The maximum atomic E-state index is 11.9. The third kappa shape index (κ3) is 4.39. The number of hydrogen-bond donors (Lipinski definition) is 2. The average molecular weight is 277 g/mol. The van der Waals surface area contributed by atoms with Crippen LogP contribution in [0.25, 0.3) is 0 Å². The second-order valence-electron chi connectivity index (χ2n) is 5.07. The lowest BCUT2D eigenvalue weighted by Crippen LogP contribution is -2.27. The van der Waals surface area contributed by atoms with E-state index in [2.05, 4.69) is 25.5 Å². The van der Waals surface area contributed by atoms with Crippen LogP contribution in [-0.4, -0.2) is 20.1 Å². The molecule has 1 heterocycles. The van der Waals surface area contributed by atoms with Gasteiger partial charge >= 0.3 is 0 Å². The molecule has 0 fully saturated rings. The summed E-state index contributed by atoms with van der Waals surface area (Å²) in [5, 5.41) is 10.7. The molecule has 0 saturated heterocycles. The van der Waals surface area contributed by atoms with Gasteiger partial charge in [0.05, 0.1) is 11.5 Å². The Labute approximate surface area is 107 Å². The van der Waals surface area contributed by atoms with Gasteiger partial charge in [0, 0.05) is 11.4 Å². The van der Waals surface area contributed by atoms with Crippen molar-refractivity contribution in [3.05, 3.63) is 16.3 Å². The summed E-state index contributed by atoms with van der Waals surface area (Å²) in [5.41, 5.74) is 0.0942. The molecule has 0 aromatic carbocycles. The second-order valence-corrected chi connectivity index (χ2v) is 7.81. The van der Waals surface area contributed by atoms with Gasteiger partial charge in [0.25, 0.3) is 0 Å². The Bertz CT molecular complexity index is 457. The van der Waals surface area contributed by atoms with Crippen molar-refractivity contribution in [3.8, 4) is 0 Å². The lowest BCUT2D eigenvalue weighted by molar-refractivity contribution is 0.282. The van der Waals surface area contributed by atoms with Gasteiger partial charge < -0.3 is 5.11 Å². The molecular formula is C11H19NO3S2. The molecule has 1 rings (SSSR count). The van der Waals surface area contributed by atoms with Crippen LogP contribution in [0.5, 0.6) is 0 Å². The highest BCUT2D eigenvalue weighted by molar-refractivity contribution is 7.89. The van der Waals surface area contributed by atoms with Crippen molar-refractivity contribution in [1.82, 2.24) is 4.72 Å². The summed E-state index contributed by atoms with van der Waals surface area (Å²) in [4.78, 5) is 0.673. The van der Waals surface area contributed by atoms with Crippen LogP contribution >= 0.6 is 11.3 Å². The van der Waals surface area contributed by atoms with Crippen molar-refractivity contribution < 1.29 is 13.5 Å². The van der Waals surface area contributed by atoms with E-state index in [0.29, 0.717) is 11.4 Å². The average Bonchev–Trinajstić information content (AvgIpc) is 2.63. The molecule has 0 saturated carbocycles. The van der Waals surface area contributed by atoms with Gasteiger partial charge in [0.1, 0.15) is 0 Å². The van der Waals surface area contributed by atoms with Gasteiger partial charge in [-0.25, -0.2) is 13.1 Å². The number of thiophene rings is 1. The van der Waals surface area contributed by atoms with Gasteiger partial charge in [0.2, 0.25) is 10.0 Å². The molecule has 4 nitrogen and oxygen atoms in total. The highest BCUT2D eigenvalue weighted by Crippen LogP contribution is 2.22. The van der Waals surface area contributed by atoms with E-state index in [0.717, 1.165) is 6.42 Å². The van der Waals surface area contributed by atoms with Crippen LogP contribution in [-0.2, 0) is 16.6 Å². The Morgan fingerprint density at radius 2 is 2.06 bits per heavy atom. The van der Waals surface area contributed by atoms with Crippen molar-refractivity contribution in [2.75, 3.05) is 6.54 Å². The van der Waals surface area contributed by atoms with E-state index in [4.69, 9.17) is 5.11 Å². The number of aliphatic hydroxyl groups excluding tert-OH is 1. The number of sulfonamides is 1. The van der Waals surface area contributed by atoms with E-state index in [1.807, 2.05) is 0 Å². The van der Waals surface area contributed by atoms with Crippen LogP contribution in [0, 0.1) is 5.41 Å². The van der Waals surface area contributed by atoms with Gasteiger partial charge in [-0.15, -0.1) is 11.3 Å². The maximum Gasteiger partial charge on any atom is 0.241 e. The third-order valence-electron chi connectivity index (χ3n) is 2.30. The minimum absolute atomic E-state index is 0.0942. The normalized spacial score (nSPS) is 12.9. The Balaban J connectivity index is 2.70. The molecule has 0 bridgehead atoms. The number of rotatable bonds is 5. The van der Waals surface area contributed by atoms with E-state index in [1.165, 1.54) is 17.4 Å². The van der Waals surface area contributed by atoms with Gasteiger partial charge in [-0.3, -0.25) is 0 Å². The molecule has 0 aliphatic rings. The lowest BCUT2D eigenvalue weighted by atomic mass is 9.93. The monoisotopic (exact) mass is 277 g/mol. The number of aliphatic hydroxyl groups is 1. The van der Waals surface area contributed by atoms with E-state index in [1.54, 1.807) is 5.38 Å². The summed E-state index contributed by atoms with van der Waals surface area (Å²) in [6, 6.07) is 1.52. The topological polar surface area (TPSA) is 66.4 Å². The SMILES string of the molecule is CC(C)(C)CCNS(=O)(=O)c1ccsc1CO. The third-order valence-corrected chi connectivity index (χ3v) is 4.89. The zero-order valence-electron chi connectivity index (χ0n) is 10.4. The van der Waals surface area contributed by atoms with Crippen molar-refractivity contribution in [3.63, 3.8) is 0 Å². The van der Waals surface area contributed by atoms with Crippen molar-refractivity contribution in [2.45, 2.75) is 38.7 Å². The number of nitrogens with one attached hydrogen (secondary N) is 1. The molecule has 0 amide bonds. The van der Waals surface area contributed by atoms with Crippen molar-refractivity contribution in [2.24, 2.45) is 5.41 Å². The fraction of sp³-hybridized carbons (Fsp3) is 0.636. The van der Waals surface area contributed by atoms with Crippen LogP contribution in [0.1, 0.15) is 32.1 Å². The minimum Gasteiger partial charge on any atom is -0.391 e. The van der Waals surface area contributed by atoms with Crippen LogP contribution < -0.4 is 4.72 Å². The van der Waals surface area contributed by atoms with Crippen molar-refractivity contribution in [1.29, 1.82) is 0 Å². The summed E-state index contributed by atoms with van der Waals surface area (Å²) >= 11 is 1.25. The molecule has 6 heteroatoms. The summed E-state index contributed by atoms with van der Waals surface area (Å²) in [7, 11) is -3.48. The predicted molar refractivity (Wildman–Crippen MR) is 69.5 cm³/mol.